The molecule has 4 heteroatoms. The van der Waals surface area contributed by atoms with Gasteiger partial charge in [0.1, 0.15) is 0 Å². The maximum absolute atomic E-state index is 5.61. The van der Waals surface area contributed by atoms with Crippen LogP contribution < -0.4 is 14.8 Å². The summed E-state index contributed by atoms with van der Waals surface area (Å²) in [7, 11) is 3.30. The summed E-state index contributed by atoms with van der Waals surface area (Å²) in [5.41, 5.74) is 1.20. The third kappa shape index (κ3) is 4.73. The molecule has 4 nitrogen and oxygen atoms in total. The average molecular weight is 265 g/mol. The molecule has 1 aliphatic carbocycles. The van der Waals surface area contributed by atoms with Crippen LogP contribution in [0.1, 0.15) is 18.4 Å². The van der Waals surface area contributed by atoms with E-state index in [4.69, 9.17) is 14.2 Å². The molecule has 1 N–H and O–H groups in total. The molecule has 0 amide bonds. The maximum atomic E-state index is 5.61. The second-order valence-corrected chi connectivity index (χ2v) is 4.78. The Morgan fingerprint density at radius 1 is 1.11 bits per heavy atom. The van der Waals surface area contributed by atoms with E-state index in [9.17, 15) is 0 Å². The fourth-order valence-electron chi connectivity index (χ4n) is 1.95. The van der Waals surface area contributed by atoms with Crippen molar-refractivity contribution >= 4 is 0 Å². The molecule has 1 fully saturated rings. The van der Waals surface area contributed by atoms with Crippen molar-refractivity contribution in [1.82, 2.24) is 5.32 Å². The van der Waals surface area contributed by atoms with Crippen LogP contribution in [0.4, 0.5) is 0 Å². The Morgan fingerprint density at radius 3 is 2.58 bits per heavy atom. The molecule has 0 aliphatic heterocycles. The fraction of sp³-hybridized carbons (Fsp3) is 0.600. The standard InChI is InChI=1S/C15H23NO3/c1-17-14-6-3-12(11-15(14)18-2)7-9-19-10-8-16-13-4-5-13/h3,6,11,13,16H,4-5,7-10H2,1-2H3. The van der Waals surface area contributed by atoms with E-state index >= 15 is 0 Å². The summed E-state index contributed by atoms with van der Waals surface area (Å²) in [6, 6.07) is 6.75. The summed E-state index contributed by atoms with van der Waals surface area (Å²) in [5.74, 6) is 1.54. The third-order valence-electron chi connectivity index (χ3n) is 3.24. The Kier molecular flexibility index (Phi) is 5.48. The van der Waals surface area contributed by atoms with Gasteiger partial charge in [0.25, 0.3) is 0 Å². The summed E-state index contributed by atoms with van der Waals surface area (Å²) in [5, 5.41) is 3.43. The van der Waals surface area contributed by atoms with Gasteiger partial charge in [-0.1, -0.05) is 6.07 Å². The summed E-state index contributed by atoms with van der Waals surface area (Å²) >= 11 is 0. The molecule has 1 aliphatic rings. The summed E-state index contributed by atoms with van der Waals surface area (Å²) in [6.45, 7) is 2.47. The zero-order valence-electron chi connectivity index (χ0n) is 11.8. The van der Waals surface area contributed by atoms with Crippen molar-refractivity contribution in [3.05, 3.63) is 23.8 Å². The number of benzene rings is 1. The molecular formula is C15H23NO3. The number of nitrogens with one attached hydrogen (secondary N) is 1. The van der Waals surface area contributed by atoms with Gasteiger partial charge in [0.15, 0.2) is 11.5 Å². The maximum Gasteiger partial charge on any atom is 0.160 e. The van der Waals surface area contributed by atoms with Gasteiger partial charge >= 0.3 is 0 Å². The number of ether oxygens (including phenoxy) is 3. The van der Waals surface area contributed by atoms with Crippen molar-refractivity contribution in [2.24, 2.45) is 0 Å². The van der Waals surface area contributed by atoms with Crippen LogP contribution in [0.15, 0.2) is 18.2 Å². The minimum Gasteiger partial charge on any atom is -0.493 e. The highest BCUT2D eigenvalue weighted by Crippen LogP contribution is 2.27. The van der Waals surface area contributed by atoms with E-state index in [1.807, 2.05) is 18.2 Å². The van der Waals surface area contributed by atoms with Crippen molar-refractivity contribution in [2.45, 2.75) is 25.3 Å². The predicted molar refractivity (Wildman–Crippen MR) is 75.1 cm³/mol. The molecule has 0 spiro atoms. The third-order valence-corrected chi connectivity index (χ3v) is 3.24. The Balaban J connectivity index is 1.66. The van der Waals surface area contributed by atoms with Gasteiger partial charge in [0.2, 0.25) is 0 Å². The number of hydrogen-bond donors (Lipinski definition) is 1. The molecule has 2 rings (SSSR count). The van der Waals surface area contributed by atoms with Crippen molar-refractivity contribution in [3.8, 4) is 11.5 Å². The highest BCUT2D eigenvalue weighted by molar-refractivity contribution is 5.42. The first-order chi connectivity index (χ1) is 9.33. The van der Waals surface area contributed by atoms with Crippen molar-refractivity contribution in [3.63, 3.8) is 0 Å². The van der Waals surface area contributed by atoms with Gasteiger partial charge in [-0.05, 0) is 37.0 Å². The zero-order valence-corrected chi connectivity index (χ0v) is 11.8. The molecule has 0 bridgehead atoms. The van der Waals surface area contributed by atoms with Gasteiger partial charge in [0.05, 0.1) is 27.4 Å². The minimum atomic E-state index is 0.738. The largest absolute Gasteiger partial charge is 0.493 e. The van der Waals surface area contributed by atoms with E-state index in [0.29, 0.717) is 0 Å². The van der Waals surface area contributed by atoms with Crippen molar-refractivity contribution < 1.29 is 14.2 Å². The number of methoxy groups -OCH3 is 2. The van der Waals surface area contributed by atoms with E-state index < -0.39 is 0 Å². The lowest BCUT2D eigenvalue weighted by atomic mass is 10.1. The Labute approximate surface area is 115 Å². The van der Waals surface area contributed by atoms with Crippen molar-refractivity contribution in [1.29, 1.82) is 0 Å². The molecule has 0 atom stereocenters. The molecule has 0 saturated heterocycles. The highest BCUT2D eigenvalue weighted by atomic mass is 16.5. The normalized spacial score (nSPS) is 14.4. The van der Waals surface area contributed by atoms with Crippen LogP contribution in [0.5, 0.6) is 11.5 Å². The quantitative estimate of drug-likeness (QED) is 0.693. The van der Waals surface area contributed by atoms with E-state index in [1.165, 1.54) is 18.4 Å². The van der Waals surface area contributed by atoms with Gasteiger partial charge in [-0.2, -0.15) is 0 Å². The molecule has 1 aromatic rings. The summed E-state index contributed by atoms with van der Waals surface area (Å²) in [6.07, 6.45) is 3.54. The molecule has 1 saturated carbocycles. The molecule has 1 aromatic carbocycles. The monoisotopic (exact) mass is 265 g/mol. The first kappa shape index (κ1) is 14.2. The van der Waals surface area contributed by atoms with Gasteiger partial charge in [0, 0.05) is 12.6 Å². The van der Waals surface area contributed by atoms with Crippen LogP contribution in [0.25, 0.3) is 0 Å². The highest BCUT2D eigenvalue weighted by Gasteiger charge is 2.19. The Bertz CT molecular complexity index is 391. The van der Waals surface area contributed by atoms with Gasteiger partial charge in [-0.25, -0.2) is 0 Å². The summed E-state index contributed by atoms with van der Waals surface area (Å²) < 4.78 is 16.1. The average Bonchev–Trinajstić information content (AvgIpc) is 3.26. The van der Waals surface area contributed by atoms with Gasteiger partial charge in [-0.3, -0.25) is 0 Å². The Morgan fingerprint density at radius 2 is 1.89 bits per heavy atom. The second-order valence-electron chi connectivity index (χ2n) is 4.78. The number of hydrogen-bond acceptors (Lipinski definition) is 4. The molecule has 0 aromatic heterocycles. The Hall–Kier alpha value is -1.26. The lowest BCUT2D eigenvalue weighted by molar-refractivity contribution is 0.138. The van der Waals surface area contributed by atoms with E-state index in [2.05, 4.69) is 5.32 Å². The first-order valence-electron chi connectivity index (χ1n) is 6.85. The first-order valence-corrected chi connectivity index (χ1v) is 6.85. The van der Waals surface area contributed by atoms with E-state index in [1.54, 1.807) is 14.2 Å². The molecule has 106 valence electrons. The number of rotatable bonds is 9. The molecule has 0 unspecified atom stereocenters. The van der Waals surface area contributed by atoms with Crippen LogP contribution in [0.2, 0.25) is 0 Å². The lowest BCUT2D eigenvalue weighted by Gasteiger charge is -2.10. The van der Waals surface area contributed by atoms with Crippen molar-refractivity contribution in [2.75, 3.05) is 34.0 Å². The van der Waals surface area contributed by atoms with Crippen LogP contribution >= 0.6 is 0 Å². The SMILES string of the molecule is COc1ccc(CCOCCNC2CC2)cc1OC. The zero-order chi connectivity index (χ0) is 13.5. The molecule has 19 heavy (non-hydrogen) atoms. The van der Waals surface area contributed by atoms with Crippen LogP contribution in [0.3, 0.4) is 0 Å². The lowest BCUT2D eigenvalue weighted by Crippen LogP contribution is -2.22. The summed E-state index contributed by atoms with van der Waals surface area (Å²) in [4.78, 5) is 0. The van der Waals surface area contributed by atoms with E-state index in [-0.39, 0.29) is 0 Å². The van der Waals surface area contributed by atoms with E-state index in [0.717, 1.165) is 43.7 Å². The topological polar surface area (TPSA) is 39.7 Å². The van der Waals surface area contributed by atoms with Crippen LogP contribution in [-0.4, -0.2) is 40.0 Å². The van der Waals surface area contributed by atoms with Gasteiger partial charge in [-0.15, -0.1) is 0 Å². The van der Waals surface area contributed by atoms with Gasteiger partial charge < -0.3 is 19.5 Å². The molecule has 0 heterocycles. The molecule has 0 radical (unpaired) electrons. The predicted octanol–water partition coefficient (Wildman–Crippen LogP) is 2.01. The smallest absolute Gasteiger partial charge is 0.160 e. The second kappa shape index (κ2) is 7.36. The van der Waals surface area contributed by atoms with Crippen LogP contribution in [-0.2, 0) is 11.2 Å². The van der Waals surface area contributed by atoms with Crippen LogP contribution in [0, 0.1) is 0 Å². The minimum absolute atomic E-state index is 0.738. The fourth-order valence-corrected chi connectivity index (χ4v) is 1.95. The molecular weight excluding hydrogens is 242 g/mol.